The molecule has 3 aromatic rings. The Morgan fingerprint density at radius 1 is 1.18 bits per heavy atom. The molecule has 0 saturated carbocycles. The van der Waals surface area contributed by atoms with Crippen LogP contribution in [0.3, 0.4) is 0 Å². The first-order valence-electron chi connectivity index (χ1n) is 11.4. The molecule has 1 amide bonds. The van der Waals surface area contributed by atoms with Crippen LogP contribution in [-0.4, -0.2) is 49.0 Å². The van der Waals surface area contributed by atoms with E-state index in [9.17, 15) is 9.18 Å². The van der Waals surface area contributed by atoms with Gasteiger partial charge in [0.25, 0.3) is 5.91 Å². The molecule has 0 bridgehead atoms. The first-order chi connectivity index (χ1) is 16.0. The summed E-state index contributed by atoms with van der Waals surface area (Å²) in [5.74, 6) is 1.00. The highest BCUT2D eigenvalue weighted by atomic mass is 32.1. The number of likely N-dealkylation sites (N-methyl/N-ethyl adjacent to an activating group) is 1. The number of likely N-dealkylation sites (tertiary alicyclic amines) is 1. The zero-order valence-corrected chi connectivity index (χ0v) is 20.1. The fraction of sp³-hybridized carbons (Fsp3) is 0.370. The minimum atomic E-state index is -0.200. The average molecular weight is 467 g/mol. The normalized spacial score (nSPS) is 15.8. The van der Waals surface area contributed by atoms with E-state index in [1.54, 1.807) is 13.2 Å². The van der Waals surface area contributed by atoms with Crippen LogP contribution in [0, 0.1) is 11.7 Å². The molecule has 174 valence electrons. The zero-order valence-electron chi connectivity index (χ0n) is 19.2. The number of halogens is 1. The van der Waals surface area contributed by atoms with Gasteiger partial charge in [0.05, 0.1) is 12.7 Å². The summed E-state index contributed by atoms with van der Waals surface area (Å²) in [4.78, 5) is 17.4. The Morgan fingerprint density at radius 2 is 1.97 bits per heavy atom. The molecule has 2 aromatic carbocycles. The SMILES string of the molecule is COc1cccc(CN2CCC([C@H](Cc3ccccc3F)N(C)C(=O)c3ccsc3)CC2)c1. The molecule has 1 aliphatic rings. The molecule has 4 nitrogen and oxygen atoms in total. The van der Waals surface area contributed by atoms with Gasteiger partial charge in [-0.3, -0.25) is 9.69 Å². The highest BCUT2D eigenvalue weighted by Gasteiger charge is 2.32. The number of nitrogens with zero attached hydrogens (tertiary/aromatic N) is 2. The van der Waals surface area contributed by atoms with Crippen molar-refractivity contribution in [3.8, 4) is 5.75 Å². The lowest BCUT2D eigenvalue weighted by atomic mass is 9.84. The molecule has 1 aliphatic heterocycles. The molecule has 0 unspecified atom stereocenters. The third kappa shape index (κ3) is 5.81. The molecule has 1 aromatic heterocycles. The van der Waals surface area contributed by atoms with Gasteiger partial charge in [0.15, 0.2) is 0 Å². The number of carbonyl (C=O) groups is 1. The number of amides is 1. The Morgan fingerprint density at radius 3 is 2.67 bits per heavy atom. The van der Waals surface area contributed by atoms with Crippen molar-refractivity contribution >= 4 is 17.2 Å². The third-order valence-corrected chi connectivity index (χ3v) is 7.37. The number of hydrogen-bond acceptors (Lipinski definition) is 4. The summed E-state index contributed by atoms with van der Waals surface area (Å²) in [5, 5.41) is 3.81. The number of piperidine rings is 1. The summed E-state index contributed by atoms with van der Waals surface area (Å²) in [5.41, 5.74) is 2.61. The number of ether oxygens (including phenoxy) is 1. The van der Waals surface area contributed by atoms with Gasteiger partial charge in [-0.25, -0.2) is 4.39 Å². The lowest BCUT2D eigenvalue weighted by Crippen LogP contribution is -2.47. The van der Waals surface area contributed by atoms with Gasteiger partial charge < -0.3 is 9.64 Å². The van der Waals surface area contributed by atoms with Gasteiger partial charge in [-0.1, -0.05) is 30.3 Å². The van der Waals surface area contributed by atoms with Gasteiger partial charge >= 0.3 is 0 Å². The summed E-state index contributed by atoms with van der Waals surface area (Å²) in [7, 11) is 3.56. The van der Waals surface area contributed by atoms with Crippen LogP contribution in [0.5, 0.6) is 5.75 Å². The van der Waals surface area contributed by atoms with E-state index in [0.717, 1.165) is 38.2 Å². The third-order valence-electron chi connectivity index (χ3n) is 6.69. The second-order valence-electron chi connectivity index (χ2n) is 8.76. The molecule has 4 rings (SSSR count). The van der Waals surface area contributed by atoms with E-state index < -0.39 is 0 Å². The van der Waals surface area contributed by atoms with Crippen LogP contribution >= 0.6 is 11.3 Å². The van der Waals surface area contributed by atoms with Crippen LogP contribution in [0.1, 0.15) is 34.3 Å². The Labute approximate surface area is 199 Å². The molecule has 1 atom stereocenters. The largest absolute Gasteiger partial charge is 0.497 e. The van der Waals surface area contributed by atoms with Gasteiger partial charge in [-0.05, 0) is 79.0 Å². The van der Waals surface area contributed by atoms with Crippen molar-refractivity contribution < 1.29 is 13.9 Å². The molecule has 1 fully saturated rings. The quantitative estimate of drug-likeness (QED) is 0.440. The van der Waals surface area contributed by atoms with E-state index in [4.69, 9.17) is 4.74 Å². The number of carbonyl (C=O) groups excluding carboxylic acids is 1. The lowest BCUT2D eigenvalue weighted by Gasteiger charge is -2.40. The van der Waals surface area contributed by atoms with Crippen molar-refractivity contribution in [1.29, 1.82) is 0 Å². The second kappa shape index (κ2) is 10.9. The number of benzene rings is 2. The van der Waals surface area contributed by atoms with E-state index in [-0.39, 0.29) is 17.8 Å². The molecule has 33 heavy (non-hydrogen) atoms. The van der Waals surface area contributed by atoms with Crippen LogP contribution in [0.15, 0.2) is 65.4 Å². The van der Waals surface area contributed by atoms with Crippen LogP contribution in [-0.2, 0) is 13.0 Å². The summed E-state index contributed by atoms with van der Waals surface area (Å²) >= 11 is 1.52. The maximum Gasteiger partial charge on any atom is 0.254 e. The van der Waals surface area contributed by atoms with Gasteiger partial charge in [-0.2, -0.15) is 11.3 Å². The van der Waals surface area contributed by atoms with E-state index >= 15 is 0 Å². The number of thiophene rings is 1. The van der Waals surface area contributed by atoms with Crippen LogP contribution in [0.2, 0.25) is 0 Å². The molecule has 0 radical (unpaired) electrons. The number of methoxy groups -OCH3 is 1. The number of hydrogen-bond donors (Lipinski definition) is 0. The molecular weight excluding hydrogens is 435 g/mol. The van der Waals surface area contributed by atoms with Crippen molar-refractivity contribution in [3.05, 3.63) is 87.9 Å². The van der Waals surface area contributed by atoms with Crippen molar-refractivity contribution in [2.75, 3.05) is 27.2 Å². The Kier molecular flexibility index (Phi) is 7.78. The van der Waals surface area contributed by atoms with Gasteiger partial charge in [0.2, 0.25) is 0 Å². The standard InChI is InChI=1S/C27H31FN2O2S/c1-29(27(31)23-12-15-33-19-23)26(17-22-7-3-4-9-25(22)28)21-10-13-30(14-11-21)18-20-6-5-8-24(16-20)32-2/h3-9,12,15-16,19,21,26H,10-11,13-14,17-18H2,1-2H3/t26-/m0/s1. The van der Waals surface area contributed by atoms with E-state index in [0.29, 0.717) is 23.5 Å². The lowest BCUT2D eigenvalue weighted by molar-refractivity contribution is 0.0584. The predicted octanol–water partition coefficient (Wildman–Crippen LogP) is 5.49. The van der Waals surface area contributed by atoms with Gasteiger partial charge in [-0.15, -0.1) is 0 Å². The maximum absolute atomic E-state index is 14.5. The average Bonchev–Trinajstić information content (AvgIpc) is 3.38. The molecule has 2 heterocycles. The van der Waals surface area contributed by atoms with Crippen molar-refractivity contribution in [1.82, 2.24) is 9.80 Å². The monoisotopic (exact) mass is 466 g/mol. The van der Waals surface area contributed by atoms with Crippen LogP contribution < -0.4 is 4.74 Å². The Balaban J connectivity index is 1.46. The molecule has 0 N–H and O–H groups in total. The minimum Gasteiger partial charge on any atom is -0.497 e. The molecule has 6 heteroatoms. The van der Waals surface area contributed by atoms with Crippen molar-refractivity contribution in [2.24, 2.45) is 5.92 Å². The Bertz CT molecular complexity index is 1050. The maximum atomic E-state index is 14.5. The molecular formula is C27H31FN2O2S. The van der Waals surface area contributed by atoms with Gasteiger partial charge in [0, 0.05) is 25.0 Å². The first kappa shape index (κ1) is 23.5. The predicted molar refractivity (Wildman–Crippen MR) is 131 cm³/mol. The second-order valence-corrected chi connectivity index (χ2v) is 9.54. The molecule has 0 spiro atoms. The Hall–Kier alpha value is -2.70. The summed E-state index contributed by atoms with van der Waals surface area (Å²) in [6.45, 7) is 2.79. The highest BCUT2D eigenvalue weighted by Crippen LogP contribution is 2.29. The molecule has 1 saturated heterocycles. The number of rotatable bonds is 8. The zero-order chi connectivity index (χ0) is 23.2. The van der Waals surface area contributed by atoms with E-state index in [1.807, 2.05) is 53.0 Å². The van der Waals surface area contributed by atoms with Crippen molar-refractivity contribution in [3.63, 3.8) is 0 Å². The fourth-order valence-corrected chi connectivity index (χ4v) is 5.40. The van der Waals surface area contributed by atoms with Crippen LogP contribution in [0.4, 0.5) is 4.39 Å². The van der Waals surface area contributed by atoms with E-state index in [2.05, 4.69) is 17.0 Å². The first-order valence-corrected chi connectivity index (χ1v) is 12.4. The summed E-state index contributed by atoms with van der Waals surface area (Å²) in [6, 6.07) is 16.9. The minimum absolute atomic E-state index is 0.0106. The highest BCUT2D eigenvalue weighted by molar-refractivity contribution is 7.08. The van der Waals surface area contributed by atoms with Gasteiger partial charge in [0.1, 0.15) is 11.6 Å². The topological polar surface area (TPSA) is 32.8 Å². The summed E-state index contributed by atoms with van der Waals surface area (Å²) in [6.07, 6.45) is 2.48. The summed E-state index contributed by atoms with van der Waals surface area (Å²) < 4.78 is 19.9. The van der Waals surface area contributed by atoms with E-state index in [1.165, 1.54) is 23.0 Å². The van der Waals surface area contributed by atoms with Crippen LogP contribution in [0.25, 0.3) is 0 Å². The van der Waals surface area contributed by atoms with Crippen molar-refractivity contribution in [2.45, 2.75) is 31.8 Å². The smallest absolute Gasteiger partial charge is 0.254 e. The molecule has 0 aliphatic carbocycles. The fourth-order valence-electron chi connectivity index (χ4n) is 4.77.